The first-order chi connectivity index (χ1) is 15.3. The lowest BCUT2D eigenvalue weighted by molar-refractivity contribution is -0.123. The highest BCUT2D eigenvalue weighted by Crippen LogP contribution is 2.33. The van der Waals surface area contributed by atoms with E-state index in [2.05, 4.69) is 65.0 Å². The summed E-state index contributed by atoms with van der Waals surface area (Å²) < 4.78 is 13.2. The molecule has 0 aliphatic heterocycles. The molecule has 0 aromatic heterocycles. The van der Waals surface area contributed by atoms with Gasteiger partial charge in [-0.25, -0.2) is 10.2 Å². The Balaban J connectivity index is 1.70. The number of carbonyl (C=O) groups excluding carboxylic acids is 2. The molecule has 0 spiro atoms. The quantitative estimate of drug-likeness (QED) is 0.112. The highest BCUT2D eigenvalue weighted by atomic mass is 127. The molecule has 0 bridgehead atoms. The van der Waals surface area contributed by atoms with Crippen molar-refractivity contribution in [2.75, 3.05) is 6.61 Å². The molecule has 164 valence electrons. The third-order valence-electron chi connectivity index (χ3n) is 4.17. The normalized spacial score (nSPS) is 10.8. The van der Waals surface area contributed by atoms with Crippen LogP contribution in [0.25, 0.3) is 0 Å². The van der Waals surface area contributed by atoms with E-state index in [0.717, 1.165) is 13.6 Å². The number of esters is 1. The summed E-state index contributed by atoms with van der Waals surface area (Å²) in [5.74, 6) is -0.00130. The third kappa shape index (κ3) is 6.63. The fourth-order valence-corrected chi connectivity index (χ4v) is 4.57. The number of nitrogens with one attached hydrogen (secondary N) is 1. The van der Waals surface area contributed by atoms with Crippen LogP contribution in [0.2, 0.25) is 0 Å². The average Bonchev–Trinajstić information content (AvgIpc) is 2.75. The number of aryl methyl sites for hydroxylation is 1. The summed E-state index contributed by atoms with van der Waals surface area (Å²) in [5, 5.41) is 3.98. The predicted molar refractivity (Wildman–Crippen MR) is 138 cm³/mol. The van der Waals surface area contributed by atoms with Gasteiger partial charge in [-0.2, -0.15) is 5.10 Å². The maximum atomic E-state index is 12.7. The Kier molecular flexibility index (Phi) is 8.83. The van der Waals surface area contributed by atoms with E-state index < -0.39 is 11.9 Å². The van der Waals surface area contributed by atoms with Gasteiger partial charge in [0.15, 0.2) is 12.4 Å². The van der Waals surface area contributed by atoms with E-state index in [-0.39, 0.29) is 12.4 Å². The number of benzene rings is 3. The Morgan fingerprint density at radius 2 is 1.81 bits per heavy atom. The zero-order chi connectivity index (χ0) is 23.1. The van der Waals surface area contributed by atoms with E-state index in [1.165, 1.54) is 6.21 Å². The Morgan fingerprint density at radius 1 is 1.09 bits per heavy atom. The molecule has 0 heterocycles. The van der Waals surface area contributed by atoms with Gasteiger partial charge in [-0.05, 0) is 81.3 Å². The molecule has 3 rings (SSSR count). The number of halogens is 3. The number of amides is 1. The van der Waals surface area contributed by atoms with Crippen molar-refractivity contribution in [1.82, 2.24) is 5.43 Å². The second-order valence-corrected chi connectivity index (χ2v) is 9.45. The number of hydrazone groups is 1. The van der Waals surface area contributed by atoms with Crippen LogP contribution in [-0.2, 0) is 4.79 Å². The maximum absolute atomic E-state index is 12.7. The summed E-state index contributed by atoms with van der Waals surface area (Å²) in [6.07, 6.45) is 1.40. The number of para-hydroxylation sites is 1. The van der Waals surface area contributed by atoms with E-state index in [1.54, 1.807) is 30.3 Å². The van der Waals surface area contributed by atoms with E-state index in [4.69, 9.17) is 9.47 Å². The molecule has 0 unspecified atom stereocenters. The highest BCUT2D eigenvalue weighted by molar-refractivity contribution is 14.1. The number of hydrogen-bond donors (Lipinski definition) is 1. The first-order valence-electron chi connectivity index (χ1n) is 9.31. The molecule has 3 aromatic carbocycles. The largest absolute Gasteiger partial charge is 0.483 e. The summed E-state index contributed by atoms with van der Waals surface area (Å²) >= 11 is 8.90. The van der Waals surface area contributed by atoms with Crippen molar-refractivity contribution in [1.29, 1.82) is 0 Å². The van der Waals surface area contributed by atoms with Crippen molar-refractivity contribution in [3.05, 3.63) is 89.9 Å². The molecule has 0 aliphatic rings. The zero-order valence-corrected chi connectivity index (χ0v) is 22.1. The van der Waals surface area contributed by atoms with Gasteiger partial charge in [-0.3, -0.25) is 4.79 Å². The van der Waals surface area contributed by atoms with Gasteiger partial charge in [0.25, 0.3) is 5.91 Å². The zero-order valence-electron chi connectivity index (χ0n) is 16.8. The Labute approximate surface area is 215 Å². The first-order valence-corrected chi connectivity index (χ1v) is 12.0. The van der Waals surface area contributed by atoms with Crippen molar-refractivity contribution in [3.63, 3.8) is 0 Å². The number of rotatable bonds is 7. The monoisotopic (exact) mass is 670 g/mol. The molecule has 6 nitrogen and oxygen atoms in total. The van der Waals surface area contributed by atoms with Crippen molar-refractivity contribution < 1.29 is 19.1 Å². The second-order valence-electron chi connectivity index (χ2n) is 6.52. The van der Waals surface area contributed by atoms with Gasteiger partial charge in [0.05, 0.1) is 16.3 Å². The summed E-state index contributed by atoms with van der Waals surface area (Å²) in [5.41, 5.74) is 4.29. The maximum Gasteiger partial charge on any atom is 0.344 e. The van der Waals surface area contributed by atoms with Crippen molar-refractivity contribution >= 4 is 72.5 Å². The molecule has 9 heteroatoms. The number of carbonyl (C=O) groups is 2. The van der Waals surface area contributed by atoms with Crippen LogP contribution in [0.1, 0.15) is 21.5 Å². The topological polar surface area (TPSA) is 77.0 Å². The van der Waals surface area contributed by atoms with Gasteiger partial charge in [0.2, 0.25) is 0 Å². The van der Waals surface area contributed by atoms with Crippen LogP contribution in [0.5, 0.6) is 11.5 Å². The van der Waals surface area contributed by atoms with Crippen molar-refractivity contribution in [3.8, 4) is 11.5 Å². The fourth-order valence-electron chi connectivity index (χ4n) is 2.63. The molecular formula is C23H17Br2IN2O4. The molecular weight excluding hydrogens is 655 g/mol. The smallest absolute Gasteiger partial charge is 0.344 e. The lowest BCUT2D eigenvalue weighted by atomic mass is 10.2. The van der Waals surface area contributed by atoms with Crippen LogP contribution in [-0.4, -0.2) is 24.7 Å². The Bertz CT molecular complexity index is 1180. The van der Waals surface area contributed by atoms with E-state index >= 15 is 0 Å². The van der Waals surface area contributed by atoms with E-state index in [1.807, 2.05) is 37.3 Å². The molecule has 0 radical (unpaired) electrons. The molecule has 0 saturated heterocycles. The van der Waals surface area contributed by atoms with Gasteiger partial charge < -0.3 is 9.47 Å². The van der Waals surface area contributed by atoms with Gasteiger partial charge in [-0.15, -0.1) is 0 Å². The number of hydrogen-bond acceptors (Lipinski definition) is 5. The SMILES string of the molecule is Cc1ccccc1OCC(=O)N/N=C\c1cc(Br)cc(Br)c1OC(=O)c1ccccc1I. The van der Waals surface area contributed by atoms with Crippen LogP contribution in [0, 0.1) is 10.5 Å². The van der Waals surface area contributed by atoms with Crippen molar-refractivity contribution in [2.45, 2.75) is 6.92 Å². The summed E-state index contributed by atoms with van der Waals surface area (Å²) in [6.45, 7) is 1.72. The lowest BCUT2D eigenvalue weighted by Gasteiger charge is -2.11. The number of ether oxygens (including phenoxy) is 2. The standard InChI is InChI=1S/C23H17Br2IN2O4/c1-14-6-2-5-9-20(14)31-13-21(29)28-27-12-15-10-16(24)11-18(25)22(15)32-23(30)17-7-3-4-8-19(17)26/h2-12H,13H2,1H3,(H,28,29)/b27-12-. The van der Waals surface area contributed by atoms with Gasteiger partial charge >= 0.3 is 5.97 Å². The lowest BCUT2D eigenvalue weighted by Crippen LogP contribution is -2.24. The van der Waals surface area contributed by atoms with Gasteiger partial charge in [-0.1, -0.05) is 46.3 Å². The number of nitrogens with zero attached hydrogens (tertiary/aromatic N) is 1. The molecule has 3 aromatic rings. The Morgan fingerprint density at radius 3 is 2.56 bits per heavy atom. The van der Waals surface area contributed by atoms with Crippen LogP contribution in [0.3, 0.4) is 0 Å². The second kappa shape index (κ2) is 11.6. The third-order valence-corrected chi connectivity index (χ3v) is 6.16. The molecule has 1 amide bonds. The summed E-state index contributed by atoms with van der Waals surface area (Å²) in [6, 6.07) is 18.0. The van der Waals surface area contributed by atoms with Crippen molar-refractivity contribution in [2.24, 2.45) is 5.10 Å². The molecule has 0 fully saturated rings. The summed E-state index contributed by atoms with van der Waals surface area (Å²) in [7, 11) is 0. The molecule has 0 aliphatic carbocycles. The van der Waals surface area contributed by atoms with Gasteiger partial charge in [0, 0.05) is 13.6 Å². The van der Waals surface area contributed by atoms with E-state index in [0.29, 0.717) is 21.3 Å². The average molecular weight is 672 g/mol. The van der Waals surface area contributed by atoms with Crippen LogP contribution in [0.15, 0.2) is 74.7 Å². The van der Waals surface area contributed by atoms with Gasteiger partial charge in [0.1, 0.15) is 5.75 Å². The van der Waals surface area contributed by atoms with Crippen LogP contribution >= 0.6 is 54.5 Å². The minimum atomic E-state index is -0.497. The molecule has 32 heavy (non-hydrogen) atoms. The highest BCUT2D eigenvalue weighted by Gasteiger charge is 2.17. The first kappa shape index (κ1) is 24.4. The minimum absolute atomic E-state index is 0.182. The summed E-state index contributed by atoms with van der Waals surface area (Å²) in [4.78, 5) is 24.7. The Hall–Kier alpha value is -2.24. The predicted octanol–water partition coefficient (Wildman–Crippen LogP) is 5.87. The van der Waals surface area contributed by atoms with E-state index in [9.17, 15) is 9.59 Å². The fraction of sp³-hybridized carbons (Fsp3) is 0.0870. The molecule has 1 N–H and O–H groups in total. The minimum Gasteiger partial charge on any atom is -0.483 e. The van der Waals surface area contributed by atoms with Crippen LogP contribution in [0.4, 0.5) is 0 Å². The van der Waals surface area contributed by atoms with Crippen LogP contribution < -0.4 is 14.9 Å². The molecule has 0 atom stereocenters. The molecule has 0 saturated carbocycles.